The van der Waals surface area contributed by atoms with Crippen LogP contribution in [0.1, 0.15) is 33.1 Å². The minimum atomic E-state index is -1.73. The van der Waals surface area contributed by atoms with Crippen molar-refractivity contribution < 1.29 is 18.4 Å². The molecule has 1 unspecified atom stereocenters. The fraction of sp³-hybridized carbons (Fsp3) is 0.692. The molecule has 0 amide bonds. The lowest BCUT2D eigenvalue weighted by Crippen LogP contribution is -2.34. The Morgan fingerprint density at radius 3 is 2.28 bits per heavy atom. The maximum atomic E-state index is 11.2. The summed E-state index contributed by atoms with van der Waals surface area (Å²) in [6, 6.07) is 0. The van der Waals surface area contributed by atoms with Crippen LogP contribution in [0.25, 0.3) is 0 Å². The van der Waals surface area contributed by atoms with E-state index in [9.17, 15) is 4.79 Å². The van der Waals surface area contributed by atoms with Crippen LogP contribution >= 0.6 is 0 Å². The average Bonchev–Trinajstić information content (AvgIpc) is 2.35. The van der Waals surface area contributed by atoms with Gasteiger partial charge in [0.05, 0.1) is 6.61 Å². The highest BCUT2D eigenvalue weighted by atomic mass is 28.3. The van der Waals surface area contributed by atoms with Gasteiger partial charge in [-0.1, -0.05) is 20.4 Å². The Morgan fingerprint density at radius 1 is 1.33 bits per heavy atom. The first kappa shape index (κ1) is 17.3. The highest BCUT2D eigenvalue weighted by Gasteiger charge is 2.35. The molecule has 0 N–H and O–H groups in total. The third-order valence-corrected chi connectivity index (χ3v) is 5.61. The maximum Gasteiger partial charge on any atom is 0.333 e. The number of carbonyl (C=O) groups is 1. The van der Waals surface area contributed by atoms with Crippen LogP contribution in [-0.2, 0) is 18.4 Å². The highest BCUT2D eigenvalue weighted by molar-refractivity contribution is 6.48. The predicted molar refractivity (Wildman–Crippen MR) is 74.5 cm³/mol. The Labute approximate surface area is 112 Å². The smallest absolute Gasteiger partial charge is 0.333 e. The molecule has 0 fully saturated rings. The van der Waals surface area contributed by atoms with Crippen molar-refractivity contribution in [3.63, 3.8) is 0 Å². The van der Waals surface area contributed by atoms with Crippen LogP contribution in [0.4, 0.5) is 0 Å². The van der Waals surface area contributed by atoms with E-state index in [0.717, 1.165) is 19.3 Å². The normalized spacial score (nSPS) is 14.3. The Morgan fingerprint density at radius 2 is 1.89 bits per heavy atom. The molecule has 5 heteroatoms. The van der Waals surface area contributed by atoms with E-state index in [-0.39, 0.29) is 11.0 Å². The molecule has 0 saturated heterocycles. The second kappa shape index (κ2) is 8.45. The summed E-state index contributed by atoms with van der Waals surface area (Å²) in [5.41, 5.74) is 0.427. The van der Waals surface area contributed by atoms with Gasteiger partial charge in [0, 0.05) is 24.8 Å². The molecule has 0 saturated carbocycles. The Hall–Kier alpha value is -0.653. The van der Waals surface area contributed by atoms with Crippen molar-refractivity contribution in [3.8, 4) is 0 Å². The second-order valence-corrected chi connectivity index (χ2v) is 7.73. The van der Waals surface area contributed by atoms with Crippen LogP contribution < -0.4 is 0 Å². The van der Waals surface area contributed by atoms with Crippen molar-refractivity contribution in [2.45, 2.75) is 38.1 Å². The summed E-state index contributed by atoms with van der Waals surface area (Å²) >= 11 is 0. The van der Waals surface area contributed by atoms with Crippen molar-refractivity contribution >= 4 is 15.3 Å². The minimum Gasteiger partial charge on any atom is -0.462 e. The fourth-order valence-electron chi connectivity index (χ4n) is 1.79. The van der Waals surface area contributed by atoms with Gasteiger partial charge in [-0.15, -0.1) is 0 Å². The lowest BCUT2D eigenvalue weighted by atomic mass is 10.0. The third-order valence-electron chi connectivity index (χ3n) is 3.04. The van der Waals surface area contributed by atoms with Gasteiger partial charge in [0.2, 0.25) is 0 Å². The molecule has 1 radical (unpaired) electrons. The largest absolute Gasteiger partial charge is 0.462 e. The summed E-state index contributed by atoms with van der Waals surface area (Å²) in [6.45, 7) is 11.7. The topological polar surface area (TPSA) is 44.8 Å². The van der Waals surface area contributed by atoms with Gasteiger partial charge >= 0.3 is 15.3 Å². The van der Waals surface area contributed by atoms with Gasteiger partial charge in [0.1, 0.15) is 0 Å². The van der Waals surface area contributed by atoms with Crippen LogP contribution in [-0.4, -0.2) is 36.1 Å². The van der Waals surface area contributed by atoms with E-state index in [1.807, 2.05) is 0 Å². The third kappa shape index (κ3) is 5.33. The molecule has 105 valence electrons. The lowest BCUT2D eigenvalue weighted by Gasteiger charge is -2.32. The van der Waals surface area contributed by atoms with Crippen LogP contribution in [0, 0.1) is 6.92 Å². The van der Waals surface area contributed by atoms with Crippen molar-refractivity contribution in [2.24, 2.45) is 0 Å². The van der Waals surface area contributed by atoms with Gasteiger partial charge in [-0.3, -0.25) is 0 Å². The van der Waals surface area contributed by atoms with Crippen LogP contribution in [0.2, 0.25) is 5.04 Å². The molecule has 0 aliphatic heterocycles. The molecule has 0 aromatic carbocycles. The Balaban J connectivity index is 4.15. The molecule has 0 aliphatic carbocycles. The molecule has 0 aromatic rings. The molecule has 1 atom stereocenters. The Kier molecular flexibility index (Phi) is 8.14. The van der Waals surface area contributed by atoms with Gasteiger partial charge in [0.25, 0.3) is 0 Å². The van der Waals surface area contributed by atoms with Gasteiger partial charge < -0.3 is 13.6 Å². The standard InChI is InChI=1S/C13H25O4Si/c1-7-13(4,18(15-5)16-6)9-8-10-17-12(14)11(2)3/h18H,1-2,7-10H2,3-6H3. The minimum absolute atomic E-state index is 0.0425. The highest BCUT2D eigenvalue weighted by Crippen LogP contribution is 2.38. The zero-order chi connectivity index (χ0) is 14.2. The first-order valence-electron chi connectivity index (χ1n) is 6.08. The zero-order valence-electron chi connectivity index (χ0n) is 12.0. The number of ether oxygens (including phenoxy) is 1. The van der Waals surface area contributed by atoms with E-state index in [1.54, 1.807) is 21.1 Å². The van der Waals surface area contributed by atoms with Crippen LogP contribution in [0.15, 0.2) is 12.2 Å². The SMILES string of the molecule is [CH2]CC(C)(CCCOC(=O)C(=C)C)[SiH](OC)OC. The van der Waals surface area contributed by atoms with E-state index < -0.39 is 9.28 Å². The number of hydrogen-bond acceptors (Lipinski definition) is 4. The first-order chi connectivity index (χ1) is 8.41. The van der Waals surface area contributed by atoms with Crippen LogP contribution in [0.5, 0.6) is 0 Å². The summed E-state index contributed by atoms with van der Waals surface area (Å²) in [5, 5.41) is -0.0425. The van der Waals surface area contributed by atoms with Crippen molar-refractivity contribution in [2.75, 3.05) is 20.8 Å². The van der Waals surface area contributed by atoms with E-state index >= 15 is 0 Å². The Bertz CT molecular complexity index is 276. The molecule has 0 bridgehead atoms. The molecule has 0 aromatic heterocycles. The lowest BCUT2D eigenvalue weighted by molar-refractivity contribution is -0.139. The summed E-state index contributed by atoms with van der Waals surface area (Å²) < 4.78 is 15.9. The van der Waals surface area contributed by atoms with E-state index in [0.29, 0.717) is 12.2 Å². The zero-order valence-corrected chi connectivity index (χ0v) is 13.1. The number of rotatable bonds is 9. The monoisotopic (exact) mass is 273 g/mol. The maximum absolute atomic E-state index is 11.2. The van der Waals surface area contributed by atoms with Crippen LogP contribution in [0.3, 0.4) is 0 Å². The summed E-state index contributed by atoms with van der Waals surface area (Å²) in [4.78, 5) is 11.2. The first-order valence-corrected chi connectivity index (χ1v) is 7.60. The summed E-state index contributed by atoms with van der Waals surface area (Å²) in [5.74, 6) is -0.335. The van der Waals surface area contributed by atoms with Crippen molar-refractivity contribution in [1.82, 2.24) is 0 Å². The summed E-state index contributed by atoms with van der Waals surface area (Å²) in [7, 11) is 1.62. The van der Waals surface area contributed by atoms with Gasteiger partial charge in [-0.05, 0) is 26.2 Å². The fourth-order valence-corrected chi connectivity index (χ4v) is 3.80. The molecule has 0 aliphatic rings. The molecule has 0 rings (SSSR count). The quantitative estimate of drug-likeness (QED) is 0.280. The molecule has 18 heavy (non-hydrogen) atoms. The number of hydrogen-bond donors (Lipinski definition) is 0. The molecule has 0 heterocycles. The summed E-state index contributed by atoms with van der Waals surface area (Å²) in [6.07, 6.45) is 2.40. The van der Waals surface area contributed by atoms with E-state index in [2.05, 4.69) is 20.4 Å². The average molecular weight is 273 g/mol. The molecular formula is C13H25O4Si. The van der Waals surface area contributed by atoms with Crippen molar-refractivity contribution in [1.29, 1.82) is 0 Å². The molecule has 4 nitrogen and oxygen atoms in total. The van der Waals surface area contributed by atoms with E-state index in [1.165, 1.54) is 0 Å². The van der Waals surface area contributed by atoms with E-state index in [4.69, 9.17) is 13.6 Å². The number of carbonyl (C=O) groups excluding carboxylic acids is 1. The van der Waals surface area contributed by atoms with Gasteiger partial charge in [-0.25, -0.2) is 4.79 Å². The van der Waals surface area contributed by atoms with Crippen molar-refractivity contribution in [3.05, 3.63) is 19.1 Å². The van der Waals surface area contributed by atoms with Gasteiger partial charge in [0.15, 0.2) is 0 Å². The molecule has 0 spiro atoms. The number of esters is 1. The predicted octanol–water partition coefficient (Wildman–Crippen LogP) is 2.38. The van der Waals surface area contributed by atoms with Gasteiger partial charge in [-0.2, -0.15) is 0 Å². The second-order valence-electron chi connectivity index (χ2n) is 4.73. The molecular weight excluding hydrogens is 248 g/mol.